The number of furan rings is 1. The molecule has 0 spiro atoms. The molecule has 0 radical (unpaired) electrons. The second-order valence-corrected chi connectivity index (χ2v) is 4.37. The van der Waals surface area contributed by atoms with Crippen LogP contribution < -0.4 is 5.32 Å². The maximum Gasteiger partial charge on any atom is 0.118 e. The van der Waals surface area contributed by atoms with Crippen LogP contribution in [0.2, 0.25) is 0 Å². The minimum atomic E-state index is 0.831. The normalized spacial score (nSPS) is 11.3. The Morgan fingerprint density at radius 1 is 1.18 bits per heavy atom. The van der Waals surface area contributed by atoms with Crippen LogP contribution >= 0.6 is 0 Å². The summed E-state index contributed by atoms with van der Waals surface area (Å²) in [5, 5.41) is 3.27. The van der Waals surface area contributed by atoms with Gasteiger partial charge in [-0.25, -0.2) is 0 Å². The molecule has 1 rings (SSSR count). The van der Waals surface area contributed by atoms with Gasteiger partial charge in [0.05, 0.1) is 13.1 Å². The zero-order valence-electron chi connectivity index (χ0n) is 11.5. The Morgan fingerprint density at radius 3 is 2.59 bits per heavy atom. The van der Waals surface area contributed by atoms with E-state index in [9.17, 15) is 0 Å². The Kier molecular flexibility index (Phi) is 6.97. The van der Waals surface area contributed by atoms with Crippen molar-refractivity contribution < 1.29 is 4.42 Å². The van der Waals surface area contributed by atoms with Crippen molar-refractivity contribution in [3.63, 3.8) is 0 Å². The van der Waals surface area contributed by atoms with Crippen LogP contribution in [0.1, 0.15) is 45.1 Å². The third-order valence-electron chi connectivity index (χ3n) is 2.92. The first-order valence-electron chi connectivity index (χ1n) is 6.80. The van der Waals surface area contributed by atoms with Crippen LogP contribution in [0.5, 0.6) is 0 Å². The third kappa shape index (κ3) is 5.37. The average molecular weight is 238 g/mol. The topological polar surface area (TPSA) is 28.4 Å². The Bertz CT molecular complexity index is 296. The van der Waals surface area contributed by atoms with E-state index in [1.165, 1.54) is 12.8 Å². The predicted molar refractivity (Wildman–Crippen MR) is 71.9 cm³/mol. The molecule has 0 atom stereocenters. The average Bonchev–Trinajstić information content (AvgIpc) is 2.79. The molecule has 3 nitrogen and oxygen atoms in total. The molecule has 0 unspecified atom stereocenters. The van der Waals surface area contributed by atoms with E-state index in [0.29, 0.717) is 0 Å². The van der Waals surface area contributed by atoms with Crippen LogP contribution in [-0.2, 0) is 13.1 Å². The monoisotopic (exact) mass is 238 g/mol. The second-order valence-electron chi connectivity index (χ2n) is 4.37. The Labute approximate surface area is 105 Å². The molecule has 3 heteroatoms. The fraction of sp³-hybridized carbons (Fsp3) is 0.714. The standard InChI is InChI=1S/C14H26N2O/c1-4-7-10-16(6-3)12-14-9-8-13(17-14)11-15-5-2/h8-9,15H,4-7,10-12H2,1-3H3. The zero-order chi connectivity index (χ0) is 12.5. The highest BCUT2D eigenvalue weighted by molar-refractivity contribution is 5.07. The van der Waals surface area contributed by atoms with E-state index in [0.717, 1.165) is 44.2 Å². The predicted octanol–water partition coefficient (Wildman–Crippen LogP) is 3.01. The number of hydrogen-bond donors (Lipinski definition) is 1. The summed E-state index contributed by atoms with van der Waals surface area (Å²) in [5.41, 5.74) is 0. The van der Waals surface area contributed by atoms with Crippen molar-refractivity contribution in [1.82, 2.24) is 10.2 Å². The van der Waals surface area contributed by atoms with Crippen LogP contribution in [0.3, 0.4) is 0 Å². The maximum atomic E-state index is 5.79. The van der Waals surface area contributed by atoms with E-state index in [2.05, 4.69) is 43.1 Å². The van der Waals surface area contributed by atoms with Crippen molar-refractivity contribution >= 4 is 0 Å². The molecule has 0 saturated carbocycles. The quantitative estimate of drug-likeness (QED) is 0.717. The highest BCUT2D eigenvalue weighted by Crippen LogP contribution is 2.11. The molecule has 1 aromatic heterocycles. The molecule has 1 aromatic rings. The van der Waals surface area contributed by atoms with E-state index in [1.54, 1.807) is 0 Å². The van der Waals surface area contributed by atoms with Crippen molar-refractivity contribution in [2.24, 2.45) is 0 Å². The van der Waals surface area contributed by atoms with Gasteiger partial charge in [0.25, 0.3) is 0 Å². The minimum absolute atomic E-state index is 0.831. The lowest BCUT2D eigenvalue weighted by molar-refractivity contribution is 0.249. The molecule has 0 aliphatic carbocycles. The molecule has 0 aliphatic heterocycles. The lowest BCUT2D eigenvalue weighted by Crippen LogP contribution is -2.23. The highest BCUT2D eigenvalue weighted by Gasteiger charge is 2.07. The van der Waals surface area contributed by atoms with Gasteiger partial charge in [-0.2, -0.15) is 0 Å². The molecule has 0 aromatic carbocycles. The van der Waals surface area contributed by atoms with E-state index in [1.807, 2.05) is 0 Å². The minimum Gasteiger partial charge on any atom is -0.463 e. The van der Waals surface area contributed by atoms with Gasteiger partial charge in [0.15, 0.2) is 0 Å². The van der Waals surface area contributed by atoms with Gasteiger partial charge in [0, 0.05) is 0 Å². The van der Waals surface area contributed by atoms with Crippen molar-refractivity contribution in [3.8, 4) is 0 Å². The summed E-state index contributed by atoms with van der Waals surface area (Å²) in [6.07, 6.45) is 2.51. The first kappa shape index (κ1) is 14.3. The van der Waals surface area contributed by atoms with Gasteiger partial charge in [-0.15, -0.1) is 0 Å². The van der Waals surface area contributed by atoms with Crippen LogP contribution in [0.4, 0.5) is 0 Å². The molecule has 0 fully saturated rings. The van der Waals surface area contributed by atoms with Gasteiger partial charge in [0.2, 0.25) is 0 Å². The number of nitrogens with one attached hydrogen (secondary N) is 1. The smallest absolute Gasteiger partial charge is 0.118 e. The largest absolute Gasteiger partial charge is 0.463 e. The van der Waals surface area contributed by atoms with Crippen molar-refractivity contribution in [3.05, 3.63) is 23.7 Å². The van der Waals surface area contributed by atoms with Crippen molar-refractivity contribution in [2.75, 3.05) is 19.6 Å². The van der Waals surface area contributed by atoms with Crippen LogP contribution in [-0.4, -0.2) is 24.5 Å². The van der Waals surface area contributed by atoms with Crippen molar-refractivity contribution in [2.45, 2.75) is 46.7 Å². The molecule has 0 aliphatic rings. The van der Waals surface area contributed by atoms with E-state index in [4.69, 9.17) is 4.42 Å². The van der Waals surface area contributed by atoms with Gasteiger partial charge < -0.3 is 9.73 Å². The summed E-state index contributed by atoms with van der Waals surface area (Å²) < 4.78 is 5.79. The number of nitrogens with zero attached hydrogens (tertiary/aromatic N) is 1. The fourth-order valence-corrected chi connectivity index (χ4v) is 1.80. The molecule has 1 N–H and O–H groups in total. The van der Waals surface area contributed by atoms with Crippen LogP contribution in [0.15, 0.2) is 16.5 Å². The summed E-state index contributed by atoms with van der Waals surface area (Å²) >= 11 is 0. The Morgan fingerprint density at radius 2 is 1.94 bits per heavy atom. The molecular formula is C14H26N2O. The van der Waals surface area contributed by atoms with Gasteiger partial charge in [-0.3, -0.25) is 4.90 Å². The van der Waals surface area contributed by atoms with E-state index >= 15 is 0 Å². The van der Waals surface area contributed by atoms with Gasteiger partial charge in [-0.1, -0.05) is 27.2 Å². The van der Waals surface area contributed by atoms with Crippen LogP contribution in [0, 0.1) is 0 Å². The Balaban J connectivity index is 2.40. The second kappa shape index (κ2) is 8.31. The zero-order valence-corrected chi connectivity index (χ0v) is 11.5. The molecule has 0 amide bonds. The lowest BCUT2D eigenvalue weighted by atomic mass is 10.3. The fourth-order valence-electron chi connectivity index (χ4n) is 1.80. The summed E-state index contributed by atoms with van der Waals surface area (Å²) in [4.78, 5) is 2.43. The molecular weight excluding hydrogens is 212 g/mol. The number of unbranched alkanes of at least 4 members (excludes halogenated alkanes) is 1. The summed E-state index contributed by atoms with van der Waals surface area (Å²) in [6.45, 7) is 11.5. The summed E-state index contributed by atoms with van der Waals surface area (Å²) in [5.74, 6) is 2.12. The summed E-state index contributed by atoms with van der Waals surface area (Å²) in [6, 6.07) is 4.17. The first-order valence-corrected chi connectivity index (χ1v) is 6.80. The number of rotatable bonds is 9. The lowest BCUT2D eigenvalue weighted by Gasteiger charge is -2.18. The van der Waals surface area contributed by atoms with Crippen molar-refractivity contribution in [1.29, 1.82) is 0 Å². The molecule has 17 heavy (non-hydrogen) atoms. The molecule has 1 heterocycles. The van der Waals surface area contributed by atoms with Gasteiger partial charge in [-0.05, 0) is 38.2 Å². The SMILES string of the molecule is CCCCN(CC)Cc1ccc(CNCC)o1. The Hall–Kier alpha value is -0.800. The van der Waals surface area contributed by atoms with Gasteiger partial charge in [0.1, 0.15) is 11.5 Å². The molecule has 0 bridgehead atoms. The van der Waals surface area contributed by atoms with E-state index < -0.39 is 0 Å². The first-order chi connectivity index (χ1) is 8.30. The number of hydrogen-bond acceptors (Lipinski definition) is 3. The summed E-state index contributed by atoms with van der Waals surface area (Å²) in [7, 11) is 0. The maximum absolute atomic E-state index is 5.79. The van der Waals surface area contributed by atoms with E-state index in [-0.39, 0.29) is 0 Å². The highest BCUT2D eigenvalue weighted by atomic mass is 16.3. The third-order valence-corrected chi connectivity index (χ3v) is 2.92. The van der Waals surface area contributed by atoms with Gasteiger partial charge >= 0.3 is 0 Å². The molecule has 98 valence electrons. The molecule has 0 saturated heterocycles. The van der Waals surface area contributed by atoms with Crippen LogP contribution in [0.25, 0.3) is 0 Å².